The minimum absolute atomic E-state index is 0.0159. The zero-order chi connectivity index (χ0) is 17.4. The van der Waals surface area contributed by atoms with Crippen molar-refractivity contribution >= 4 is 58.1 Å². The van der Waals surface area contributed by atoms with Gasteiger partial charge < -0.3 is 9.47 Å². The highest BCUT2D eigenvalue weighted by Crippen LogP contribution is 2.41. The average Bonchev–Trinajstić information content (AvgIpc) is 3.03. The topological polar surface area (TPSA) is 96.2 Å². The van der Waals surface area contributed by atoms with Crippen LogP contribution in [-0.4, -0.2) is 49.4 Å². The predicted molar refractivity (Wildman–Crippen MR) is 87.9 cm³/mol. The van der Waals surface area contributed by atoms with E-state index in [1.807, 2.05) is 0 Å². The molecule has 0 radical (unpaired) electrons. The summed E-state index contributed by atoms with van der Waals surface area (Å²) in [4.78, 5) is 34.9. The zero-order valence-electron chi connectivity index (χ0n) is 12.6. The highest BCUT2D eigenvalue weighted by molar-refractivity contribution is 7.99. The summed E-state index contributed by atoms with van der Waals surface area (Å²) >= 11 is 13.3. The molecule has 1 fully saturated rings. The van der Waals surface area contributed by atoms with Gasteiger partial charge in [-0.3, -0.25) is 14.2 Å². The van der Waals surface area contributed by atoms with Gasteiger partial charge in [-0.2, -0.15) is 4.98 Å². The number of fused-ring (bicyclic) bond motifs is 1. The Kier molecular flexibility index (Phi) is 4.84. The van der Waals surface area contributed by atoms with Crippen LogP contribution in [-0.2, 0) is 19.1 Å². The number of hydrogen-bond donors (Lipinski definition) is 0. The van der Waals surface area contributed by atoms with Gasteiger partial charge in [0.25, 0.3) is 0 Å². The normalized spacial score (nSPS) is 23.4. The largest absolute Gasteiger partial charge is 0.458 e. The van der Waals surface area contributed by atoms with Crippen molar-refractivity contribution in [3.05, 3.63) is 16.8 Å². The average molecular weight is 391 g/mol. The molecule has 1 aliphatic rings. The molecule has 0 bridgehead atoms. The fraction of sp³-hybridized carbons (Fsp3) is 0.462. The van der Waals surface area contributed by atoms with Crippen molar-refractivity contribution in [1.29, 1.82) is 0 Å². The summed E-state index contributed by atoms with van der Waals surface area (Å²) in [6.45, 7) is 2.61. The van der Waals surface area contributed by atoms with Gasteiger partial charge in [0.15, 0.2) is 23.0 Å². The first kappa shape index (κ1) is 17.2. The van der Waals surface area contributed by atoms with E-state index in [2.05, 4.69) is 15.0 Å². The molecule has 2 aromatic heterocycles. The molecule has 3 heterocycles. The molecule has 0 amide bonds. The van der Waals surface area contributed by atoms with Crippen LogP contribution in [0.4, 0.5) is 0 Å². The summed E-state index contributed by atoms with van der Waals surface area (Å²) in [5.74, 6) is -0.448. The lowest BCUT2D eigenvalue weighted by atomic mass is 10.2. The number of esters is 2. The Morgan fingerprint density at radius 1 is 1.25 bits per heavy atom. The first-order valence-electron chi connectivity index (χ1n) is 6.88. The van der Waals surface area contributed by atoms with Crippen LogP contribution < -0.4 is 0 Å². The third kappa shape index (κ3) is 3.28. The quantitative estimate of drug-likeness (QED) is 0.447. The monoisotopic (exact) mass is 390 g/mol. The van der Waals surface area contributed by atoms with E-state index in [1.54, 1.807) is 4.57 Å². The number of thioether (sulfide) groups is 1. The summed E-state index contributed by atoms with van der Waals surface area (Å²) in [6, 6.07) is 0. The molecule has 24 heavy (non-hydrogen) atoms. The van der Waals surface area contributed by atoms with E-state index in [9.17, 15) is 9.59 Å². The van der Waals surface area contributed by atoms with Crippen LogP contribution in [0.5, 0.6) is 0 Å². The van der Waals surface area contributed by atoms with Crippen LogP contribution in [0.1, 0.15) is 19.2 Å². The number of hydrogen-bond acceptors (Lipinski definition) is 8. The molecular formula is C13H12Cl2N4O4S. The molecule has 0 spiro atoms. The number of ether oxygens (including phenoxy) is 2. The Labute approximate surface area is 150 Å². The van der Waals surface area contributed by atoms with Crippen LogP contribution in [0.2, 0.25) is 10.4 Å². The summed E-state index contributed by atoms with van der Waals surface area (Å²) in [5.41, 5.74) is 0.803. The maximum atomic E-state index is 11.5. The van der Waals surface area contributed by atoms with Gasteiger partial charge in [0, 0.05) is 19.6 Å². The van der Waals surface area contributed by atoms with Crippen LogP contribution in [0.25, 0.3) is 11.2 Å². The van der Waals surface area contributed by atoms with Crippen LogP contribution in [0, 0.1) is 0 Å². The predicted octanol–water partition coefficient (Wildman–Crippen LogP) is 2.24. The van der Waals surface area contributed by atoms with Crippen LogP contribution in [0.3, 0.4) is 0 Å². The fourth-order valence-electron chi connectivity index (χ4n) is 2.49. The van der Waals surface area contributed by atoms with E-state index in [4.69, 9.17) is 32.7 Å². The Morgan fingerprint density at radius 2 is 1.96 bits per heavy atom. The van der Waals surface area contributed by atoms with Crippen molar-refractivity contribution in [2.24, 2.45) is 0 Å². The zero-order valence-corrected chi connectivity index (χ0v) is 14.9. The summed E-state index contributed by atoms with van der Waals surface area (Å²) in [5, 5.41) is -0.268. The second-order valence-electron chi connectivity index (χ2n) is 5.05. The van der Waals surface area contributed by atoms with Crippen LogP contribution >= 0.6 is 35.0 Å². The molecule has 0 saturated carbocycles. The number of nitrogens with zero attached hydrogens (tertiary/aromatic N) is 4. The van der Waals surface area contributed by atoms with Crippen molar-refractivity contribution in [1.82, 2.24) is 19.5 Å². The first-order chi connectivity index (χ1) is 11.4. The van der Waals surface area contributed by atoms with Crippen molar-refractivity contribution < 1.29 is 19.1 Å². The number of imidazole rings is 1. The summed E-state index contributed by atoms with van der Waals surface area (Å²) in [6.07, 6.45) is 0.277. The number of halogens is 2. The highest BCUT2D eigenvalue weighted by atomic mass is 35.5. The second kappa shape index (κ2) is 6.73. The molecule has 1 aliphatic heterocycles. The Morgan fingerprint density at radius 3 is 2.62 bits per heavy atom. The van der Waals surface area contributed by atoms with Gasteiger partial charge in [0.2, 0.25) is 5.28 Å². The molecule has 128 valence electrons. The van der Waals surface area contributed by atoms with Crippen molar-refractivity contribution in [3.63, 3.8) is 0 Å². The van der Waals surface area contributed by atoms with E-state index in [-0.39, 0.29) is 15.8 Å². The van der Waals surface area contributed by atoms with Gasteiger partial charge >= 0.3 is 11.9 Å². The van der Waals surface area contributed by atoms with Crippen LogP contribution in [0.15, 0.2) is 6.33 Å². The van der Waals surface area contributed by atoms with Crippen molar-refractivity contribution in [2.75, 3.05) is 5.75 Å². The lowest BCUT2D eigenvalue weighted by Crippen LogP contribution is -2.35. The highest BCUT2D eigenvalue weighted by Gasteiger charge is 2.43. The molecule has 1 saturated heterocycles. The Hall–Kier alpha value is -1.58. The fourth-order valence-corrected chi connectivity index (χ4v) is 4.29. The molecule has 8 nitrogen and oxygen atoms in total. The number of carbonyl (C=O) groups excluding carboxylic acids is 2. The molecule has 0 N–H and O–H groups in total. The third-order valence-corrected chi connectivity index (χ3v) is 5.11. The molecular weight excluding hydrogens is 379 g/mol. The van der Waals surface area contributed by atoms with Gasteiger partial charge in [-0.15, -0.1) is 11.8 Å². The van der Waals surface area contributed by atoms with E-state index < -0.39 is 24.1 Å². The van der Waals surface area contributed by atoms with Crippen molar-refractivity contribution in [2.45, 2.75) is 31.4 Å². The Balaban J connectivity index is 2.01. The van der Waals surface area contributed by atoms with Gasteiger partial charge in [0.05, 0.1) is 6.33 Å². The maximum absolute atomic E-state index is 11.5. The molecule has 0 unspecified atom stereocenters. The molecule has 0 aromatic carbocycles. The standard InChI is InChI=1S/C13H12Cl2N4O4S/c1-5(20)22-7-3-24-12(9(7)23-6(2)21)19-4-16-8-10(14)17-13(15)18-11(8)19/h4,7,9,12H,3H2,1-2H3/t7-,9-,12-/m0/s1. The number of carbonyl (C=O) groups is 2. The number of aromatic nitrogens is 4. The molecule has 11 heteroatoms. The maximum Gasteiger partial charge on any atom is 0.303 e. The van der Waals surface area contributed by atoms with E-state index in [0.717, 1.165) is 0 Å². The molecule has 2 aromatic rings. The minimum atomic E-state index is -0.679. The van der Waals surface area contributed by atoms with Gasteiger partial charge in [0.1, 0.15) is 10.9 Å². The van der Waals surface area contributed by atoms with Gasteiger partial charge in [-0.05, 0) is 11.6 Å². The smallest absolute Gasteiger partial charge is 0.303 e. The molecule has 0 aliphatic carbocycles. The van der Waals surface area contributed by atoms with E-state index in [0.29, 0.717) is 16.9 Å². The van der Waals surface area contributed by atoms with Gasteiger partial charge in [-0.25, -0.2) is 9.97 Å². The SMILES string of the molecule is CC(=O)O[C@H]1[C@@H](OC(C)=O)CS[C@@H]1n1cnc2c(Cl)nc(Cl)nc21. The molecule has 3 rings (SSSR count). The lowest BCUT2D eigenvalue weighted by molar-refractivity contribution is -0.163. The second-order valence-corrected chi connectivity index (χ2v) is 6.90. The van der Waals surface area contributed by atoms with E-state index >= 15 is 0 Å². The first-order valence-corrected chi connectivity index (χ1v) is 8.69. The van der Waals surface area contributed by atoms with E-state index in [1.165, 1.54) is 31.9 Å². The van der Waals surface area contributed by atoms with Gasteiger partial charge in [-0.1, -0.05) is 11.6 Å². The lowest BCUT2D eigenvalue weighted by Gasteiger charge is -2.24. The minimum Gasteiger partial charge on any atom is -0.458 e. The third-order valence-electron chi connectivity index (χ3n) is 3.32. The summed E-state index contributed by atoms with van der Waals surface area (Å²) in [7, 11) is 0. The molecule has 3 atom stereocenters. The Bertz CT molecular complexity index is 815. The van der Waals surface area contributed by atoms with Crippen molar-refractivity contribution in [3.8, 4) is 0 Å². The summed E-state index contributed by atoms with van der Waals surface area (Å²) < 4.78 is 12.3. The number of rotatable bonds is 3.